The first-order chi connectivity index (χ1) is 18.5. The zero-order valence-corrected chi connectivity index (χ0v) is 22.1. The summed E-state index contributed by atoms with van der Waals surface area (Å²) >= 11 is 0. The molecule has 0 bridgehead atoms. The van der Waals surface area contributed by atoms with Crippen LogP contribution in [-0.2, 0) is 4.74 Å². The number of benzene rings is 2. The number of hydrogen-bond donors (Lipinski definition) is 1. The molecule has 0 radical (unpaired) electrons. The lowest BCUT2D eigenvalue weighted by Crippen LogP contribution is -2.46. The molecule has 1 atom stereocenters. The van der Waals surface area contributed by atoms with Crippen molar-refractivity contribution >= 4 is 27.7 Å². The number of piperazine rings is 1. The highest BCUT2D eigenvalue weighted by Gasteiger charge is 2.35. The van der Waals surface area contributed by atoms with Crippen LogP contribution in [0.4, 0.5) is 0 Å². The maximum absolute atomic E-state index is 13.3. The van der Waals surface area contributed by atoms with Gasteiger partial charge in [0.05, 0.1) is 12.6 Å². The van der Waals surface area contributed by atoms with Crippen LogP contribution in [-0.4, -0.2) is 71.8 Å². The van der Waals surface area contributed by atoms with E-state index in [1.54, 1.807) is 20.0 Å². The summed E-state index contributed by atoms with van der Waals surface area (Å²) in [6.45, 7) is 7.17. The number of aryl methyl sites for hydroxylation is 1. The number of pyridine rings is 1. The fourth-order valence-corrected chi connectivity index (χ4v) is 5.51. The number of carbonyl (C=O) groups excluding carboxylic acids is 1. The van der Waals surface area contributed by atoms with E-state index in [4.69, 9.17) is 13.9 Å². The highest BCUT2D eigenvalue weighted by molar-refractivity contribution is 6.16. The summed E-state index contributed by atoms with van der Waals surface area (Å²) in [6.07, 6.45) is 4.06. The van der Waals surface area contributed by atoms with E-state index in [1.165, 1.54) is 0 Å². The van der Waals surface area contributed by atoms with Crippen LogP contribution in [0.5, 0.6) is 11.6 Å². The highest BCUT2D eigenvalue weighted by atomic mass is 16.5. The summed E-state index contributed by atoms with van der Waals surface area (Å²) in [4.78, 5) is 22.4. The molecule has 4 aromatic rings. The summed E-state index contributed by atoms with van der Waals surface area (Å²) in [5, 5.41) is 14.0. The Balaban J connectivity index is 1.64. The quantitative estimate of drug-likeness (QED) is 0.342. The summed E-state index contributed by atoms with van der Waals surface area (Å²) < 4.78 is 17.8. The van der Waals surface area contributed by atoms with E-state index in [9.17, 15) is 9.90 Å². The van der Waals surface area contributed by atoms with Crippen LogP contribution in [0, 0.1) is 6.92 Å². The SMILES string of the molecule is CCOC(=O)c1c(C)oc2c1c(C(c1ccnc(OC3CC3)c1)N1CCN(C)CC1)c(O)c1ccccc12. The van der Waals surface area contributed by atoms with Gasteiger partial charge in [0, 0.05) is 60.2 Å². The third-order valence-corrected chi connectivity index (χ3v) is 7.58. The second-order valence-corrected chi connectivity index (χ2v) is 10.3. The van der Waals surface area contributed by atoms with Crippen molar-refractivity contribution < 1.29 is 23.8 Å². The average Bonchev–Trinajstić information content (AvgIpc) is 3.66. The molecule has 2 fully saturated rings. The second kappa shape index (κ2) is 9.93. The minimum absolute atomic E-state index is 0.143. The number of furan rings is 1. The van der Waals surface area contributed by atoms with Crippen molar-refractivity contribution in [2.75, 3.05) is 39.8 Å². The Kier molecular flexibility index (Phi) is 6.45. The summed E-state index contributed by atoms with van der Waals surface area (Å²) in [6, 6.07) is 11.2. The Labute approximate surface area is 221 Å². The normalized spacial score (nSPS) is 17.7. The molecule has 8 heteroatoms. The number of rotatable bonds is 7. The molecule has 1 saturated heterocycles. The monoisotopic (exact) mass is 515 g/mol. The predicted octanol–water partition coefficient (Wildman–Crippen LogP) is 5.05. The average molecular weight is 516 g/mol. The van der Waals surface area contributed by atoms with E-state index in [0.717, 1.165) is 50.0 Å². The van der Waals surface area contributed by atoms with Crippen molar-refractivity contribution in [2.45, 2.75) is 38.8 Å². The van der Waals surface area contributed by atoms with Crippen LogP contribution >= 0.6 is 0 Å². The summed E-state index contributed by atoms with van der Waals surface area (Å²) in [5.74, 6) is 0.740. The van der Waals surface area contributed by atoms with Crippen LogP contribution in [0.2, 0.25) is 0 Å². The first kappa shape index (κ1) is 24.7. The number of phenols is 1. The van der Waals surface area contributed by atoms with Gasteiger partial charge in [0.25, 0.3) is 0 Å². The van der Waals surface area contributed by atoms with Crippen LogP contribution < -0.4 is 4.74 Å². The van der Waals surface area contributed by atoms with Crippen LogP contribution in [0.1, 0.15) is 53.1 Å². The lowest BCUT2D eigenvalue weighted by molar-refractivity contribution is 0.0526. The van der Waals surface area contributed by atoms with Gasteiger partial charge in [0.1, 0.15) is 28.8 Å². The molecule has 1 aliphatic carbocycles. The number of carbonyl (C=O) groups is 1. The van der Waals surface area contributed by atoms with E-state index in [-0.39, 0.29) is 24.5 Å². The number of nitrogens with zero attached hydrogens (tertiary/aromatic N) is 3. The predicted molar refractivity (Wildman–Crippen MR) is 145 cm³/mol. The molecule has 2 aliphatic rings. The number of phenolic OH excluding ortho intramolecular Hbond substituents is 1. The van der Waals surface area contributed by atoms with Gasteiger partial charge in [-0.15, -0.1) is 0 Å². The lowest BCUT2D eigenvalue weighted by Gasteiger charge is -2.39. The van der Waals surface area contributed by atoms with Crippen molar-refractivity contribution in [1.29, 1.82) is 0 Å². The first-order valence-electron chi connectivity index (χ1n) is 13.3. The Morgan fingerprint density at radius 2 is 1.89 bits per heavy atom. The number of aromatic nitrogens is 1. The Morgan fingerprint density at radius 3 is 2.61 bits per heavy atom. The lowest BCUT2D eigenvalue weighted by atomic mass is 9.89. The molecule has 38 heavy (non-hydrogen) atoms. The Morgan fingerprint density at radius 1 is 1.16 bits per heavy atom. The molecule has 1 N–H and O–H groups in total. The number of aromatic hydroxyl groups is 1. The molecule has 6 rings (SSSR count). The van der Waals surface area contributed by atoms with Crippen molar-refractivity contribution in [3.8, 4) is 11.6 Å². The maximum Gasteiger partial charge on any atom is 0.342 e. The third-order valence-electron chi connectivity index (χ3n) is 7.58. The van der Waals surface area contributed by atoms with Crippen LogP contribution in [0.15, 0.2) is 47.0 Å². The zero-order chi connectivity index (χ0) is 26.4. The zero-order valence-electron chi connectivity index (χ0n) is 22.1. The van der Waals surface area contributed by atoms with Gasteiger partial charge in [0.2, 0.25) is 5.88 Å². The van der Waals surface area contributed by atoms with Gasteiger partial charge < -0.3 is 23.9 Å². The maximum atomic E-state index is 13.3. The van der Waals surface area contributed by atoms with Gasteiger partial charge in [-0.3, -0.25) is 4.90 Å². The van der Waals surface area contributed by atoms with Gasteiger partial charge in [-0.25, -0.2) is 9.78 Å². The third kappa shape index (κ3) is 4.37. The molecule has 198 valence electrons. The van der Waals surface area contributed by atoms with Gasteiger partial charge in [-0.2, -0.15) is 0 Å². The molecular formula is C30H33N3O5. The number of hydrogen-bond acceptors (Lipinski definition) is 8. The standard InChI is InChI=1S/C30H33N3O5/c1-4-36-30(35)24-18(2)37-29-22-8-6-5-7-21(22)28(34)26(25(24)29)27(33-15-13-32(3)14-16-33)19-11-12-31-23(17-19)38-20-9-10-20/h5-8,11-12,17,20,27,34H,4,9-10,13-16H2,1-3H3. The van der Waals surface area contributed by atoms with E-state index < -0.39 is 5.97 Å². The van der Waals surface area contributed by atoms with E-state index in [1.807, 2.05) is 36.4 Å². The molecule has 1 aliphatic heterocycles. The van der Waals surface area contributed by atoms with E-state index >= 15 is 0 Å². The number of likely N-dealkylation sites (N-methyl/N-ethyl adjacent to an activating group) is 1. The molecule has 1 unspecified atom stereocenters. The fraction of sp³-hybridized carbons (Fsp3) is 0.400. The van der Waals surface area contributed by atoms with Gasteiger partial charge in [0.15, 0.2) is 0 Å². The Hall–Kier alpha value is -3.62. The van der Waals surface area contributed by atoms with Crippen LogP contribution in [0.3, 0.4) is 0 Å². The van der Waals surface area contributed by atoms with Gasteiger partial charge in [-0.05, 0) is 45.4 Å². The largest absolute Gasteiger partial charge is 0.507 e. The van der Waals surface area contributed by atoms with Crippen LogP contribution in [0.25, 0.3) is 21.7 Å². The summed E-state index contributed by atoms with van der Waals surface area (Å²) in [7, 11) is 2.12. The Bertz CT molecular complexity index is 1500. The minimum atomic E-state index is -0.454. The molecule has 2 aromatic carbocycles. The van der Waals surface area contributed by atoms with Gasteiger partial charge >= 0.3 is 5.97 Å². The second-order valence-electron chi connectivity index (χ2n) is 10.3. The number of esters is 1. The molecule has 2 aromatic heterocycles. The van der Waals surface area contributed by atoms with Crippen molar-refractivity contribution in [1.82, 2.24) is 14.8 Å². The molecule has 8 nitrogen and oxygen atoms in total. The number of ether oxygens (including phenoxy) is 2. The number of fused-ring (bicyclic) bond motifs is 3. The smallest absolute Gasteiger partial charge is 0.342 e. The topological polar surface area (TPSA) is 88.3 Å². The van der Waals surface area contributed by atoms with Crippen molar-refractivity contribution in [3.63, 3.8) is 0 Å². The molecule has 3 heterocycles. The minimum Gasteiger partial charge on any atom is -0.507 e. The van der Waals surface area contributed by atoms with Gasteiger partial charge in [-0.1, -0.05) is 24.3 Å². The van der Waals surface area contributed by atoms with E-state index in [2.05, 4.69) is 21.8 Å². The fourth-order valence-electron chi connectivity index (χ4n) is 5.51. The van der Waals surface area contributed by atoms with Crippen molar-refractivity contribution in [2.24, 2.45) is 0 Å². The molecule has 0 amide bonds. The first-order valence-corrected chi connectivity index (χ1v) is 13.3. The van der Waals surface area contributed by atoms with E-state index in [0.29, 0.717) is 39.1 Å². The highest BCUT2D eigenvalue weighted by Crippen LogP contribution is 2.47. The molecule has 1 saturated carbocycles. The molecule has 0 spiro atoms. The molecular weight excluding hydrogens is 482 g/mol. The summed E-state index contributed by atoms with van der Waals surface area (Å²) in [5.41, 5.74) is 2.53. The van der Waals surface area contributed by atoms with Crippen molar-refractivity contribution in [3.05, 3.63) is 65.0 Å².